The van der Waals surface area contributed by atoms with E-state index >= 15 is 0 Å². The first-order valence-corrected chi connectivity index (χ1v) is 6.16. The molecule has 0 saturated carbocycles. The summed E-state index contributed by atoms with van der Waals surface area (Å²) in [6.45, 7) is 6.83. The van der Waals surface area contributed by atoms with Gasteiger partial charge in [0.15, 0.2) is 0 Å². The first-order valence-electron chi connectivity index (χ1n) is 6.16. The summed E-state index contributed by atoms with van der Waals surface area (Å²) >= 11 is 0. The van der Waals surface area contributed by atoms with Crippen LogP contribution in [-0.4, -0.2) is 29.0 Å². The number of nitrogens with zero attached hydrogens (tertiary/aromatic N) is 2. The van der Waals surface area contributed by atoms with Gasteiger partial charge in [-0.1, -0.05) is 18.2 Å². The Labute approximate surface area is 97.0 Å². The lowest BCUT2D eigenvalue weighted by Crippen LogP contribution is -2.51. The van der Waals surface area contributed by atoms with Gasteiger partial charge >= 0.3 is 0 Å². The van der Waals surface area contributed by atoms with E-state index in [2.05, 4.69) is 22.5 Å². The topological polar surface area (TPSA) is 16.1 Å². The molecule has 84 valence electrons. The quantitative estimate of drug-likeness (QED) is 0.702. The van der Waals surface area contributed by atoms with Crippen LogP contribution in [0.1, 0.15) is 18.4 Å². The highest BCUT2D eigenvalue weighted by Crippen LogP contribution is 2.36. The molecule has 0 aromatic carbocycles. The van der Waals surface area contributed by atoms with Gasteiger partial charge in [-0.25, -0.2) is 0 Å². The third-order valence-electron chi connectivity index (χ3n) is 4.07. The Morgan fingerprint density at radius 3 is 2.81 bits per heavy atom. The SMILES string of the molecule is C=C1C2CCN(CC2)C1Cc1cccnc1. The van der Waals surface area contributed by atoms with Crippen molar-refractivity contribution in [2.45, 2.75) is 25.3 Å². The maximum atomic E-state index is 4.31. The van der Waals surface area contributed by atoms with Crippen LogP contribution in [0.15, 0.2) is 36.7 Å². The van der Waals surface area contributed by atoms with Crippen molar-refractivity contribution >= 4 is 0 Å². The molecule has 0 amide bonds. The van der Waals surface area contributed by atoms with Crippen LogP contribution in [0, 0.1) is 5.92 Å². The Bertz CT molecular complexity index is 377. The molecule has 2 heteroatoms. The molecule has 0 spiro atoms. The van der Waals surface area contributed by atoms with Gasteiger partial charge in [0.25, 0.3) is 0 Å². The molecule has 1 aromatic heterocycles. The average molecular weight is 214 g/mol. The minimum atomic E-state index is 0.566. The third-order valence-corrected chi connectivity index (χ3v) is 4.07. The van der Waals surface area contributed by atoms with Crippen molar-refractivity contribution in [2.75, 3.05) is 13.1 Å². The van der Waals surface area contributed by atoms with Gasteiger partial charge in [0.05, 0.1) is 0 Å². The summed E-state index contributed by atoms with van der Waals surface area (Å²) in [6.07, 6.45) is 7.55. The van der Waals surface area contributed by atoms with Crippen LogP contribution >= 0.6 is 0 Å². The minimum Gasteiger partial charge on any atom is -0.296 e. The first kappa shape index (κ1) is 10.0. The van der Waals surface area contributed by atoms with Crippen LogP contribution in [0.4, 0.5) is 0 Å². The van der Waals surface area contributed by atoms with Gasteiger partial charge in [-0.2, -0.15) is 0 Å². The van der Waals surface area contributed by atoms with Crippen LogP contribution in [0.25, 0.3) is 0 Å². The summed E-state index contributed by atoms with van der Waals surface area (Å²) in [5, 5.41) is 0. The van der Waals surface area contributed by atoms with Gasteiger partial charge in [-0.15, -0.1) is 0 Å². The molecular formula is C14H18N2. The maximum absolute atomic E-state index is 4.31. The van der Waals surface area contributed by atoms with E-state index in [0.717, 1.165) is 12.3 Å². The molecule has 1 unspecified atom stereocenters. The van der Waals surface area contributed by atoms with Gasteiger partial charge in [0, 0.05) is 18.4 Å². The van der Waals surface area contributed by atoms with Crippen LogP contribution in [0.2, 0.25) is 0 Å². The second-order valence-corrected chi connectivity index (χ2v) is 4.97. The van der Waals surface area contributed by atoms with Crippen LogP contribution in [0.5, 0.6) is 0 Å². The first-order chi connectivity index (χ1) is 7.84. The van der Waals surface area contributed by atoms with Crippen LogP contribution in [0.3, 0.4) is 0 Å². The predicted molar refractivity (Wildman–Crippen MR) is 65.2 cm³/mol. The maximum Gasteiger partial charge on any atom is 0.0348 e. The monoisotopic (exact) mass is 214 g/mol. The number of rotatable bonds is 2. The van der Waals surface area contributed by atoms with Crippen molar-refractivity contribution in [2.24, 2.45) is 5.92 Å². The van der Waals surface area contributed by atoms with Crippen LogP contribution < -0.4 is 0 Å². The second-order valence-electron chi connectivity index (χ2n) is 4.97. The van der Waals surface area contributed by atoms with Gasteiger partial charge in [-0.05, 0) is 49.9 Å². The molecule has 3 fully saturated rings. The van der Waals surface area contributed by atoms with Crippen molar-refractivity contribution in [3.8, 4) is 0 Å². The van der Waals surface area contributed by atoms with Crippen molar-refractivity contribution < 1.29 is 0 Å². The van der Waals surface area contributed by atoms with E-state index in [1.54, 1.807) is 0 Å². The summed E-state index contributed by atoms with van der Waals surface area (Å²) < 4.78 is 0. The third kappa shape index (κ3) is 1.67. The van der Waals surface area contributed by atoms with E-state index < -0.39 is 0 Å². The van der Waals surface area contributed by atoms with E-state index in [0.29, 0.717) is 6.04 Å². The van der Waals surface area contributed by atoms with Crippen molar-refractivity contribution in [3.63, 3.8) is 0 Å². The van der Waals surface area contributed by atoms with E-state index in [1.807, 2.05) is 18.5 Å². The predicted octanol–water partition coefficient (Wildman–Crippen LogP) is 2.27. The Kier molecular flexibility index (Phi) is 2.52. The fourth-order valence-electron chi connectivity index (χ4n) is 3.09. The van der Waals surface area contributed by atoms with Crippen LogP contribution in [-0.2, 0) is 6.42 Å². The van der Waals surface area contributed by atoms with Crippen molar-refractivity contribution in [1.29, 1.82) is 0 Å². The Morgan fingerprint density at radius 1 is 1.38 bits per heavy atom. The highest BCUT2D eigenvalue weighted by atomic mass is 15.2. The zero-order valence-electron chi connectivity index (χ0n) is 9.60. The number of hydrogen-bond donors (Lipinski definition) is 0. The smallest absolute Gasteiger partial charge is 0.0348 e. The standard InChI is InChI=1S/C14H18N2/c1-11-13-4-7-16(8-5-13)14(11)9-12-3-2-6-15-10-12/h2-3,6,10,13-14H,1,4-5,7-9H2. The summed E-state index contributed by atoms with van der Waals surface area (Å²) in [7, 11) is 0. The minimum absolute atomic E-state index is 0.566. The summed E-state index contributed by atoms with van der Waals surface area (Å²) in [6, 6.07) is 4.76. The second kappa shape index (κ2) is 4.02. The lowest BCUT2D eigenvalue weighted by molar-refractivity contribution is 0.104. The molecule has 0 aliphatic carbocycles. The van der Waals surface area contributed by atoms with Gasteiger partial charge in [-0.3, -0.25) is 9.88 Å². The molecule has 1 aromatic rings. The van der Waals surface area contributed by atoms with Gasteiger partial charge in [0.1, 0.15) is 0 Å². The van der Waals surface area contributed by atoms with Crippen molar-refractivity contribution in [1.82, 2.24) is 9.88 Å². The Morgan fingerprint density at radius 2 is 2.19 bits per heavy atom. The average Bonchev–Trinajstić information content (AvgIpc) is 2.36. The zero-order valence-corrected chi connectivity index (χ0v) is 9.60. The highest BCUT2D eigenvalue weighted by molar-refractivity contribution is 5.22. The number of piperidine rings is 3. The Balaban J connectivity index is 1.78. The fraction of sp³-hybridized carbons (Fsp3) is 0.500. The molecule has 0 N–H and O–H groups in total. The number of hydrogen-bond acceptors (Lipinski definition) is 2. The van der Waals surface area contributed by atoms with E-state index in [9.17, 15) is 0 Å². The molecule has 0 radical (unpaired) electrons. The number of pyridine rings is 1. The molecule has 2 nitrogen and oxygen atoms in total. The van der Waals surface area contributed by atoms with E-state index in [4.69, 9.17) is 0 Å². The molecule has 4 rings (SSSR count). The molecule has 3 aliphatic heterocycles. The van der Waals surface area contributed by atoms with Crippen molar-refractivity contribution in [3.05, 3.63) is 42.2 Å². The fourth-order valence-corrected chi connectivity index (χ4v) is 3.09. The molecule has 3 saturated heterocycles. The number of fused-ring (bicyclic) bond motifs is 3. The van der Waals surface area contributed by atoms with E-state index in [1.165, 1.54) is 37.1 Å². The Hall–Kier alpha value is -1.15. The molecule has 2 bridgehead atoms. The molecule has 1 atom stereocenters. The highest BCUT2D eigenvalue weighted by Gasteiger charge is 2.36. The molecular weight excluding hydrogens is 196 g/mol. The molecule has 4 heterocycles. The van der Waals surface area contributed by atoms with Gasteiger partial charge in [0.2, 0.25) is 0 Å². The molecule has 3 aliphatic rings. The normalized spacial score (nSPS) is 33.0. The largest absolute Gasteiger partial charge is 0.296 e. The molecule has 16 heavy (non-hydrogen) atoms. The lowest BCUT2D eigenvalue weighted by Gasteiger charge is -2.47. The number of aromatic nitrogens is 1. The summed E-state index contributed by atoms with van der Waals surface area (Å²) in [5.74, 6) is 0.784. The van der Waals surface area contributed by atoms with Gasteiger partial charge < -0.3 is 0 Å². The lowest BCUT2D eigenvalue weighted by atomic mass is 9.77. The van der Waals surface area contributed by atoms with E-state index in [-0.39, 0.29) is 0 Å². The summed E-state index contributed by atoms with van der Waals surface area (Å²) in [5.41, 5.74) is 2.79. The zero-order chi connectivity index (χ0) is 11.0. The summed E-state index contributed by atoms with van der Waals surface area (Å²) in [4.78, 5) is 6.78.